The second kappa shape index (κ2) is 8.53. The highest BCUT2D eigenvalue weighted by Gasteiger charge is 2.34. The molecule has 0 radical (unpaired) electrons. The maximum absolute atomic E-state index is 13.2. The van der Waals surface area contributed by atoms with Gasteiger partial charge in [0.25, 0.3) is 5.91 Å². The molecule has 150 valence electrons. The van der Waals surface area contributed by atoms with Gasteiger partial charge in [-0.3, -0.25) is 14.4 Å². The predicted molar refractivity (Wildman–Crippen MR) is 108 cm³/mol. The minimum atomic E-state index is 0.104. The molecule has 1 unspecified atom stereocenters. The number of carbonyl (C=O) groups is 1. The molecule has 1 aromatic heterocycles. The van der Waals surface area contributed by atoms with Gasteiger partial charge in [0.15, 0.2) is 5.69 Å². The number of thioether (sulfide) groups is 1. The fraction of sp³-hybridized carbons (Fsp3) is 0.800. The zero-order valence-corrected chi connectivity index (χ0v) is 17.5. The van der Waals surface area contributed by atoms with Gasteiger partial charge in [0, 0.05) is 61.5 Å². The SMILES string of the molecule is CC(C)Cn1nc(C(=O)N2CCOCC2)c2c1CCC(N1CCSCC1)C2. The third kappa shape index (κ3) is 4.20. The average molecular weight is 393 g/mol. The Hall–Kier alpha value is -1.05. The normalized spacial score (nSPS) is 24.3. The first-order valence-electron chi connectivity index (χ1n) is 10.4. The van der Waals surface area contributed by atoms with Crippen molar-refractivity contribution >= 4 is 17.7 Å². The van der Waals surface area contributed by atoms with E-state index < -0.39 is 0 Å². The van der Waals surface area contributed by atoms with Crippen molar-refractivity contribution in [3.8, 4) is 0 Å². The topological polar surface area (TPSA) is 50.6 Å². The summed E-state index contributed by atoms with van der Waals surface area (Å²) in [6.07, 6.45) is 3.20. The molecule has 6 nitrogen and oxygen atoms in total. The van der Waals surface area contributed by atoms with Gasteiger partial charge in [-0.15, -0.1) is 0 Å². The Labute approximate surface area is 166 Å². The lowest BCUT2D eigenvalue weighted by Crippen LogP contribution is -2.45. The molecule has 0 aromatic carbocycles. The van der Waals surface area contributed by atoms with Gasteiger partial charge in [0.2, 0.25) is 0 Å². The third-order valence-electron chi connectivity index (χ3n) is 5.92. The second-order valence-corrected chi connectivity index (χ2v) is 9.52. The summed E-state index contributed by atoms with van der Waals surface area (Å²) in [5.74, 6) is 3.09. The van der Waals surface area contributed by atoms with Gasteiger partial charge < -0.3 is 9.64 Å². The lowest BCUT2D eigenvalue weighted by Gasteiger charge is -2.37. The average Bonchev–Trinajstić information content (AvgIpc) is 3.06. The minimum Gasteiger partial charge on any atom is -0.378 e. The number of ether oxygens (including phenoxy) is 1. The lowest BCUT2D eigenvalue weighted by molar-refractivity contribution is 0.0297. The molecular formula is C20H32N4O2S. The van der Waals surface area contributed by atoms with Gasteiger partial charge in [-0.2, -0.15) is 16.9 Å². The summed E-state index contributed by atoms with van der Waals surface area (Å²) in [5.41, 5.74) is 3.24. The molecule has 0 saturated carbocycles. The van der Waals surface area contributed by atoms with Crippen molar-refractivity contribution in [1.29, 1.82) is 0 Å². The van der Waals surface area contributed by atoms with Gasteiger partial charge in [-0.1, -0.05) is 13.8 Å². The molecule has 0 spiro atoms. The van der Waals surface area contributed by atoms with Crippen molar-refractivity contribution in [3.63, 3.8) is 0 Å². The number of fused-ring (bicyclic) bond motifs is 1. The number of aromatic nitrogens is 2. The number of rotatable bonds is 4. The predicted octanol–water partition coefficient (Wildman–Crippen LogP) is 1.92. The van der Waals surface area contributed by atoms with Crippen LogP contribution in [0.2, 0.25) is 0 Å². The van der Waals surface area contributed by atoms with E-state index in [-0.39, 0.29) is 5.91 Å². The highest BCUT2D eigenvalue weighted by atomic mass is 32.2. The summed E-state index contributed by atoms with van der Waals surface area (Å²) >= 11 is 2.06. The van der Waals surface area contributed by atoms with Crippen LogP contribution in [0, 0.1) is 5.92 Å². The van der Waals surface area contributed by atoms with Gasteiger partial charge in [0.1, 0.15) is 0 Å². The maximum atomic E-state index is 13.2. The number of nitrogens with zero attached hydrogens (tertiary/aromatic N) is 4. The van der Waals surface area contributed by atoms with Crippen LogP contribution in [0.15, 0.2) is 0 Å². The minimum absolute atomic E-state index is 0.104. The lowest BCUT2D eigenvalue weighted by atomic mass is 9.90. The first kappa shape index (κ1) is 19.3. The van der Waals surface area contributed by atoms with Crippen LogP contribution in [0.4, 0.5) is 0 Å². The van der Waals surface area contributed by atoms with Crippen molar-refractivity contribution in [1.82, 2.24) is 19.6 Å². The first-order chi connectivity index (χ1) is 13.1. The molecule has 3 heterocycles. The molecule has 2 saturated heterocycles. The Balaban J connectivity index is 1.60. The van der Waals surface area contributed by atoms with Crippen LogP contribution >= 0.6 is 11.8 Å². The Morgan fingerprint density at radius 1 is 1.22 bits per heavy atom. The van der Waals surface area contributed by atoms with Crippen LogP contribution in [0.25, 0.3) is 0 Å². The van der Waals surface area contributed by atoms with E-state index in [1.807, 2.05) is 4.90 Å². The molecule has 1 amide bonds. The molecule has 2 fully saturated rings. The van der Waals surface area contributed by atoms with Crippen molar-refractivity contribution in [2.75, 3.05) is 50.9 Å². The number of hydrogen-bond acceptors (Lipinski definition) is 5. The van der Waals surface area contributed by atoms with Crippen LogP contribution in [-0.4, -0.2) is 82.4 Å². The summed E-state index contributed by atoms with van der Waals surface area (Å²) in [5, 5.41) is 4.85. The molecule has 2 aliphatic heterocycles. The van der Waals surface area contributed by atoms with Crippen molar-refractivity contribution in [2.24, 2.45) is 5.92 Å². The smallest absolute Gasteiger partial charge is 0.274 e. The van der Waals surface area contributed by atoms with E-state index in [4.69, 9.17) is 9.84 Å². The van der Waals surface area contributed by atoms with Crippen molar-refractivity contribution in [2.45, 2.75) is 45.7 Å². The van der Waals surface area contributed by atoms with Gasteiger partial charge in [0.05, 0.1) is 13.2 Å². The monoisotopic (exact) mass is 392 g/mol. The quantitative estimate of drug-likeness (QED) is 0.784. The highest BCUT2D eigenvalue weighted by molar-refractivity contribution is 7.99. The van der Waals surface area contributed by atoms with Crippen LogP contribution in [0.5, 0.6) is 0 Å². The van der Waals surface area contributed by atoms with E-state index in [0.717, 1.165) is 19.4 Å². The molecule has 0 bridgehead atoms. The zero-order valence-electron chi connectivity index (χ0n) is 16.7. The molecule has 4 rings (SSSR count). The van der Waals surface area contributed by atoms with E-state index in [1.54, 1.807) is 0 Å². The molecule has 1 atom stereocenters. The van der Waals surface area contributed by atoms with Crippen LogP contribution in [0.1, 0.15) is 42.0 Å². The van der Waals surface area contributed by atoms with Crippen LogP contribution < -0.4 is 0 Å². The summed E-state index contributed by atoms with van der Waals surface area (Å²) in [7, 11) is 0. The van der Waals surface area contributed by atoms with E-state index in [0.29, 0.717) is 44.0 Å². The van der Waals surface area contributed by atoms with Crippen LogP contribution in [-0.2, 0) is 24.1 Å². The largest absolute Gasteiger partial charge is 0.378 e. The summed E-state index contributed by atoms with van der Waals surface area (Å²) in [6, 6.07) is 0.561. The Morgan fingerprint density at radius 2 is 1.96 bits per heavy atom. The maximum Gasteiger partial charge on any atom is 0.274 e. The number of hydrogen-bond donors (Lipinski definition) is 0. The van der Waals surface area contributed by atoms with E-state index in [9.17, 15) is 4.79 Å². The van der Waals surface area contributed by atoms with Gasteiger partial charge >= 0.3 is 0 Å². The van der Waals surface area contributed by atoms with Crippen LogP contribution in [0.3, 0.4) is 0 Å². The molecule has 3 aliphatic rings. The van der Waals surface area contributed by atoms with E-state index in [1.165, 1.54) is 42.3 Å². The van der Waals surface area contributed by atoms with Crippen molar-refractivity contribution in [3.05, 3.63) is 17.0 Å². The molecule has 1 aromatic rings. The summed E-state index contributed by atoms with van der Waals surface area (Å²) in [6.45, 7) is 10.3. The molecule has 1 aliphatic carbocycles. The van der Waals surface area contributed by atoms with Gasteiger partial charge in [-0.05, 0) is 25.2 Å². The van der Waals surface area contributed by atoms with E-state index >= 15 is 0 Å². The first-order valence-corrected chi connectivity index (χ1v) is 11.6. The number of amides is 1. The molecule has 7 heteroatoms. The second-order valence-electron chi connectivity index (χ2n) is 8.30. The van der Waals surface area contributed by atoms with Gasteiger partial charge in [-0.25, -0.2) is 0 Å². The Morgan fingerprint density at radius 3 is 2.67 bits per heavy atom. The third-order valence-corrected chi connectivity index (χ3v) is 6.86. The highest BCUT2D eigenvalue weighted by Crippen LogP contribution is 2.30. The molecule has 0 N–H and O–H groups in total. The fourth-order valence-corrected chi connectivity index (χ4v) is 5.44. The Kier molecular flexibility index (Phi) is 6.09. The zero-order chi connectivity index (χ0) is 18.8. The number of carbonyl (C=O) groups excluding carboxylic acids is 1. The Bertz CT molecular complexity index is 663. The molecule has 27 heavy (non-hydrogen) atoms. The summed E-state index contributed by atoms with van der Waals surface area (Å²) < 4.78 is 7.56. The number of morpholine rings is 1. The molecular weight excluding hydrogens is 360 g/mol. The van der Waals surface area contributed by atoms with Crippen molar-refractivity contribution < 1.29 is 9.53 Å². The summed E-state index contributed by atoms with van der Waals surface area (Å²) in [4.78, 5) is 17.8. The standard InChI is InChI=1S/C20H32N4O2S/c1-15(2)14-24-18-4-3-16(22-7-11-27-12-8-22)13-17(18)19(21-24)20(25)23-5-9-26-10-6-23/h15-16H,3-14H2,1-2H3. The van der Waals surface area contributed by atoms with E-state index in [2.05, 4.69) is 35.2 Å². The fourth-order valence-electron chi connectivity index (χ4n) is 4.51.